The summed E-state index contributed by atoms with van der Waals surface area (Å²) in [6.45, 7) is 5.52. The Morgan fingerprint density at radius 2 is 1.87 bits per heavy atom. The molecule has 17 heteroatoms. The van der Waals surface area contributed by atoms with Crippen molar-refractivity contribution in [2.75, 3.05) is 56.8 Å². The van der Waals surface area contributed by atoms with Gasteiger partial charge in [-0.3, -0.25) is 15.0 Å². The average Bonchev–Trinajstić information content (AvgIpc) is 3.47. The lowest BCUT2D eigenvalue weighted by Gasteiger charge is -2.38. The Balaban J connectivity index is 1.27. The lowest BCUT2D eigenvalue weighted by molar-refractivity contribution is 0.00503. The van der Waals surface area contributed by atoms with E-state index in [4.69, 9.17) is 41.9 Å². The van der Waals surface area contributed by atoms with Crippen LogP contribution in [0, 0.1) is 10.9 Å². The molecule has 1 aliphatic heterocycles. The third-order valence-electron chi connectivity index (χ3n) is 8.21. The van der Waals surface area contributed by atoms with Crippen LogP contribution in [0.1, 0.15) is 38.6 Å². The molecule has 15 nitrogen and oxygen atoms in total. The second-order valence-electron chi connectivity index (χ2n) is 11.8. The molecule has 0 radical (unpaired) electrons. The first-order valence-corrected chi connectivity index (χ1v) is 18.0. The van der Waals surface area contributed by atoms with E-state index in [0.717, 1.165) is 74.5 Å². The van der Waals surface area contributed by atoms with Crippen molar-refractivity contribution >= 4 is 39.4 Å². The normalized spacial score (nSPS) is 19.5. The zero-order chi connectivity index (χ0) is 33.4. The van der Waals surface area contributed by atoms with Crippen LogP contribution in [-0.2, 0) is 14.6 Å². The average molecular weight is 689 g/mol. The van der Waals surface area contributed by atoms with Crippen molar-refractivity contribution in [3.63, 3.8) is 0 Å². The molecule has 47 heavy (non-hydrogen) atoms. The standard InChI is InChI=1S/C30H41ClN10O5S/c1-21(18-40(20-32)38-33)46-28-15-22(3-8-26(28)31)23-16-34-30(35-17-23)36-27-19-41(37-29(27)45-13-14-47(2,42)43)25-6-4-24(5-7-25)39-9-11-44-12-10-39/h3,8,15-17,19-21,24-25,32-33H,4-7,9-14,18H2,1-2H3,(H,34,35,36)/t21-,24-,25-/m0/s1. The lowest BCUT2D eigenvalue weighted by Crippen LogP contribution is -2.45. The second-order valence-corrected chi connectivity index (χ2v) is 14.4. The fraction of sp³-hybridized carbons (Fsp3) is 0.533. The summed E-state index contributed by atoms with van der Waals surface area (Å²) in [6, 6.07) is 6.08. The minimum atomic E-state index is -3.21. The van der Waals surface area contributed by atoms with Gasteiger partial charge in [-0.15, -0.1) is 5.10 Å². The van der Waals surface area contributed by atoms with Crippen LogP contribution in [0.4, 0.5) is 11.6 Å². The van der Waals surface area contributed by atoms with E-state index in [2.05, 4.69) is 25.4 Å². The van der Waals surface area contributed by atoms with Gasteiger partial charge in [0.05, 0.1) is 42.8 Å². The van der Waals surface area contributed by atoms with E-state index >= 15 is 0 Å². The molecule has 0 spiro atoms. The highest BCUT2D eigenvalue weighted by Gasteiger charge is 2.29. The summed E-state index contributed by atoms with van der Waals surface area (Å²) in [7, 11) is -3.21. The zero-order valence-corrected chi connectivity index (χ0v) is 28.1. The van der Waals surface area contributed by atoms with E-state index in [9.17, 15) is 8.42 Å². The maximum Gasteiger partial charge on any atom is 0.256 e. The summed E-state index contributed by atoms with van der Waals surface area (Å²) in [5, 5.41) is 20.0. The number of morpholine rings is 1. The summed E-state index contributed by atoms with van der Waals surface area (Å²) in [4.78, 5) is 11.5. The van der Waals surface area contributed by atoms with Gasteiger partial charge in [0.25, 0.3) is 5.88 Å². The quantitative estimate of drug-likeness (QED) is 0.0878. The zero-order valence-electron chi connectivity index (χ0n) is 26.5. The van der Waals surface area contributed by atoms with E-state index in [-0.39, 0.29) is 24.9 Å². The molecule has 1 aliphatic carbocycles. The highest BCUT2D eigenvalue weighted by Crippen LogP contribution is 2.35. The SMILES string of the molecule is C[C@@H](CN(C=N)N=N)Oc1cc(-c2cnc(Nc3cn([C@H]4CC[C@H](N5CCOCC5)CC4)nc3OCCS(C)(=O)=O)nc2)ccc1Cl. The van der Waals surface area contributed by atoms with Gasteiger partial charge in [-0.2, -0.15) is 5.53 Å². The Bertz CT molecular complexity index is 1600. The van der Waals surface area contributed by atoms with Crippen LogP contribution in [0.3, 0.4) is 0 Å². The number of nitrogens with one attached hydrogen (secondary N) is 3. The van der Waals surface area contributed by atoms with Gasteiger partial charge < -0.3 is 19.5 Å². The maximum absolute atomic E-state index is 11.7. The van der Waals surface area contributed by atoms with Gasteiger partial charge in [0.2, 0.25) is 5.95 Å². The number of hydrogen-bond donors (Lipinski definition) is 3. The van der Waals surface area contributed by atoms with Gasteiger partial charge in [-0.1, -0.05) is 22.9 Å². The van der Waals surface area contributed by atoms with E-state index in [1.807, 2.05) is 16.9 Å². The Morgan fingerprint density at radius 1 is 1.17 bits per heavy atom. The topological polar surface area (TPSA) is 184 Å². The molecule has 2 fully saturated rings. The van der Waals surface area contributed by atoms with E-state index < -0.39 is 15.9 Å². The number of benzene rings is 1. The molecule has 2 aliphatic rings. The van der Waals surface area contributed by atoms with Crippen LogP contribution in [0.25, 0.3) is 11.1 Å². The third kappa shape index (κ3) is 9.59. The molecule has 3 aromatic rings. The Morgan fingerprint density at radius 3 is 2.53 bits per heavy atom. The van der Waals surface area contributed by atoms with Gasteiger partial charge in [-0.25, -0.2) is 23.4 Å². The number of nitrogens with zero attached hydrogens (tertiary/aromatic N) is 7. The molecule has 0 unspecified atom stereocenters. The van der Waals surface area contributed by atoms with Crippen molar-refractivity contribution in [2.24, 2.45) is 5.22 Å². The third-order valence-corrected chi connectivity index (χ3v) is 9.43. The Labute approximate surface area is 279 Å². The molecule has 1 atom stereocenters. The van der Waals surface area contributed by atoms with Crippen molar-refractivity contribution in [1.29, 1.82) is 10.9 Å². The number of hydrogen-bond acceptors (Lipinski definition) is 13. The van der Waals surface area contributed by atoms with Gasteiger partial charge in [-0.05, 0) is 50.3 Å². The summed E-state index contributed by atoms with van der Waals surface area (Å²) in [6.07, 6.45) is 11.0. The summed E-state index contributed by atoms with van der Waals surface area (Å²) in [5.74, 6) is 0.935. The summed E-state index contributed by atoms with van der Waals surface area (Å²) >= 11 is 6.38. The molecule has 1 saturated heterocycles. The summed E-state index contributed by atoms with van der Waals surface area (Å²) < 4.78 is 42.7. The molecule has 5 rings (SSSR count). The molecule has 2 aromatic heterocycles. The Hall–Kier alpha value is -3.86. The first-order chi connectivity index (χ1) is 22.6. The largest absolute Gasteiger partial charge is 0.487 e. The van der Waals surface area contributed by atoms with Crippen LogP contribution >= 0.6 is 11.6 Å². The highest BCUT2D eigenvalue weighted by atomic mass is 35.5. The minimum absolute atomic E-state index is 0.0229. The Kier molecular flexibility index (Phi) is 11.6. The molecule has 3 N–H and O–H groups in total. The monoisotopic (exact) mass is 688 g/mol. The van der Waals surface area contributed by atoms with Crippen molar-refractivity contribution in [1.82, 2.24) is 29.7 Å². The first-order valence-electron chi connectivity index (χ1n) is 15.5. The highest BCUT2D eigenvalue weighted by molar-refractivity contribution is 7.90. The number of anilines is 2. The molecular formula is C30H41ClN10O5S. The van der Waals surface area contributed by atoms with Crippen LogP contribution < -0.4 is 14.8 Å². The molecule has 1 saturated carbocycles. The van der Waals surface area contributed by atoms with Gasteiger partial charge >= 0.3 is 0 Å². The van der Waals surface area contributed by atoms with Crippen LogP contribution in [0.2, 0.25) is 5.02 Å². The first kappa shape index (κ1) is 34.5. The molecule has 0 amide bonds. The summed E-state index contributed by atoms with van der Waals surface area (Å²) in [5.41, 5.74) is 9.18. The van der Waals surface area contributed by atoms with Crippen molar-refractivity contribution in [2.45, 2.75) is 50.8 Å². The molecule has 1 aromatic carbocycles. The van der Waals surface area contributed by atoms with Gasteiger partial charge in [0.1, 0.15) is 30.5 Å². The minimum Gasteiger partial charge on any atom is -0.487 e. The molecular weight excluding hydrogens is 648 g/mol. The van der Waals surface area contributed by atoms with Gasteiger partial charge in [0, 0.05) is 43.3 Å². The molecule has 0 bridgehead atoms. The number of aromatic nitrogens is 4. The molecule has 254 valence electrons. The van der Waals surface area contributed by atoms with Crippen molar-refractivity contribution in [3.8, 4) is 22.8 Å². The number of rotatable bonds is 15. The van der Waals surface area contributed by atoms with E-state index in [1.165, 1.54) is 6.26 Å². The smallest absolute Gasteiger partial charge is 0.256 e. The van der Waals surface area contributed by atoms with Crippen molar-refractivity contribution < 1.29 is 22.6 Å². The number of ether oxygens (including phenoxy) is 3. The maximum atomic E-state index is 11.7. The number of sulfone groups is 1. The number of halogens is 1. The predicted octanol–water partition coefficient (Wildman–Crippen LogP) is 4.60. The van der Waals surface area contributed by atoms with Crippen LogP contribution in [0.15, 0.2) is 42.0 Å². The molecule has 3 heterocycles. The van der Waals surface area contributed by atoms with Crippen LogP contribution in [-0.4, -0.2) is 108 Å². The fourth-order valence-corrected chi connectivity index (χ4v) is 6.30. The van der Waals surface area contributed by atoms with E-state index in [1.54, 1.807) is 31.5 Å². The van der Waals surface area contributed by atoms with Gasteiger partial charge in [0.15, 0.2) is 9.84 Å². The predicted molar refractivity (Wildman–Crippen MR) is 178 cm³/mol. The fourth-order valence-electron chi connectivity index (χ4n) is 5.75. The van der Waals surface area contributed by atoms with Crippen LogP contribution in [0.5, 0.6) is 11.6 Å². The second kappa shape index (κ2) is 15.8. The van der Waals surface area contributed by atoms with E-state index in [0.29, 0.717) is 34.3 Å². The lowest BCUT2D eigenvalue weighted by atomic mass is 9.90. The van der Waals surface area contributed by atoms with Crippen molar-refractivity contribution in [3.05, 3.63) is 41.8 Å².